The Morgan fingerprint density at radius 1 is 0.726 bits per heavy atom. The van der Waals surface area contributed by atoms with Crippen LogP contribution in [0.2, 0.25) is 5.02 Å². The number of fused-ring (bicyclic) bond motifs is 1. The zero-order valence-electron chi connectivity index (χ0n) is 35.4. The molecule has 2 saturated heterocycles. The van der Waals surface area contributed by atoms with Gasteiger partial charge in [-0.15, -0.1) is 0 Å². The maximum absolute atomic E-state index is 14.1. The van der Waals surface area contributed by atoms with Gasteiger partial charge in [0.15, 0.2) is 11.9 Å². The number of carbonyl (C=O) groups is 7. The van der Waals surface area contributed by atoms with Gasteiger partial charge < -0.3 is 60.2 Å². The second kappa shape index (κ2) is 24.1. The largest absolute Gasteiger partial charge is 0.370 e. The van der Waals surface area contributed by atoms with Crippen LogP contribution in [0.3, 0.4) is 0 Å². The number of primary amides is 1. The number of rotatable bonds is 22. The van der Waals surface area contributed by atoms with Gasteiger partial charge in [0.1, 0.15) is 36.3 Å². The molecule has 0 unspecified atom stereocenters. The minimum Gasteiger partial charge on any atom is -0.370 e. The van der Waals surface area contributed by atoms with Gasteiger partial charge in [0, 0.05) is 37.5 Å². The topological polar surface area (TPSA) is 338 Å². The van der Waals surface area contributed by atoms with Gasteiger partial charge in [-0.1, -0.05) is 55.8 Å². The van der Waals surface area contributed by atoms with Gasteiger partial charge in [0.05, 0.1) is 0 Å². The van der Waals surface area contributed by atoms with Crippen molar-refractivity contribution < 1.29 is 33.6 Å². The summed E-state index contributed by atoms with van der Waals surface area (Å²) in [4.78, 5) is 104. The normalized spacial score (nSPS) is 20.6. The summed E-state index contributed by atoms with van der Waals surface area (Å²) in [5.74, 6) is -4.03. The molecular formula is C41H64ClN13O7. The van der Waals surface area contributed by atoms with Crippen LogP contribution >= 0.6 is 11.6 Å². The van der Waals surface area contributed by atoms with Crippen molar-refractivity contribution in [2.45, 2.75) is 146 Å². The van der Waals surface area contributed by atoms with E-state index in [9.17, 15) is 33.6 Å². The number of hydrogen-bond acceptors (Lipinski definition) is 9. The minimum absolute atomic E-state index is 0.0778. The Bertz CT molecular complexity index is 1800. The third kappa shape index (κ3) is 15.4. The van der Waals surface area contributed by atoms with Gasteiger partial charge in [0.2, 0.25) is 41.4 Å². The van der Waals surface area contributed by atoms with E-state index in [4.69, 9.17) is 40.3 Å². The van der Waals surface area contributed by atoms with Crippen molar-refractivity contribution in [3.05, 3.63) is 34.9 Å². The molecule has 7 amide bonds. The molecule has 2 aliphatic heterocycles. The van der Waals surface area contributed by atoms with Crippen LogP contribution in [0.15, 0.2) is 34.3 Å². The summed E-state index contributed by atoms with van der Waals surface area (Å²) >= 11 is 6.01. The molecule has 1 aromatic rings. The van der Waals surface area contributed by atoms with E-state index in [1.165, 1.54) is 11.8 Å². The van der Waals surface area contributed by atoms with Crippen LogP contribution < -0.4 is 55.3 Å². The fraction of sp³-hybridized carbons (Fsp3) is 0.634. The molecule has 3 fully saturated rings. The predicted molar refractivity (Wildman–Crippen MR) is 234 cm³/mol. The van der Waals surface area contributed by atoms with E-state index in [1.807, 2.05) is 0 Å². The number of halogens is 1. The predicted octanol–water partition coefficient (Wildman–Crippen LogP) is -0.957. The van der Waals surface area contributed by atoms with Crippen LogP contribution in [-0.4, -0.2) is 114 Å². The molecule has 1 aliphatic carbocycles. The number of nitrogens with one attached hydrogen (secondary N) is 5. The maximum atomic E-state index is 14.1. The van der Waals surface area contributed by atoms with E-state index < -0.39 is 77.6 Å². The summed E-state index contributed by atoms with van der Waals surface area (Å²) in [6, 6.07) is 0.222. The monoisotopic (exact) mass is 885 g/mol. The van der Waals surface area contributed by atoms with Crippen molar-refractivity contribution >= 4 is 64.9 Å². The lowest BCUT2D eigenvalue weighted by molar-refractivity contribution is -0.143. The summed E-state index contributed by atoms with van der Waals surface area (Å²) in [5.41, 5.74) is 28.2. The highest BCUT2D eigenvalue weighted by Crippen LogP contribution is 2.33. The maximum Gasteiger partial charge on any atom is 0.246 e. The molecule has 1 saturated carbocycles. The van der Waals surface area contributed by atoms with Crippen LogP contribution in [0, 0.1) is 5.92 Å². The van der Waals surface area contributed by atoms with Gasteiger partial charge in [-0.05, 0) is 81.4 Å². The molecule has 3 aliphatic rings. The van der Waals surface area contributed by atoms with Gasteiger partial charge in [-0.2, -0.15) is 0 Å². The quantitative estimate of drug-likeness (QED) is 0.0384. The molecule has 20 nitrogen and oxygen atoms in total. The molecule has 2 heterocycles. The number of amides is 7. The number of hydrogen-bond donors (Lipinski definition) is 10. The molecule has 342 valence electrons. The van der Waals surface area contributed by atoms with Gasteiger partial charge in [0.25, 0.3) is 0 Å². The Kier molecular flexibility index (Phi) is 19.0. The molecule has 62 heavy (non-hydrogen) atoms. The molecule has 21 heteroatoms. The summed E-state index contributed by atoms with van der Waals surface area (Å²) in [6.45, 7) is 1.70. The first-order chi connectivity index (χ1) is 29.5. The van der Waals surface area contributed by atoms with Crippen LogP contribution in [0.4, 0.5) is 0 Å². The first-order valence-corrected chi connectivity index (χ1v) is 21.8. The Hall–Kier alpha value is -5.66. The van der Waals surface area contributed by atoms with Crippen LogP contribution in [0.1, 0.15) is 102 Å². The van der Waals surface area contributed by atoms with Crippen molar-refractivity contribution in [3.63, 3.8) is 0 Å². The summed E-state index contributed by atoms with van der Waals surface area (Å²) in [5, 5.41) is 14.4. The first-order valence-electron chi connectivity index (χ1n) is 21.5. The van der Waals surface area contributed by atoms with Crippen molar-refractivity contribution in [1.29, 1.82) is 0 Å². The molecule has 7 atom stereocenters. The van der Waals surface area contributed by atoms with E-state index in [2.05, 4.69) is 36.6 Å². The first kappa shape index (κ1) is 49.0. The van der Waals surface area contributed by atoms with Crippen LogP contribution in [-0.2, 0) is 40.0 Å². The van der Waals surface area contributed by atoms with E-state index in [0.29, 0.717) is 49.1 Å². The Labute approximate surface area is 367 Å². The lowest BCUT2D eigenvalue weighted by atomic mass is 9.84. The lowest BCUT2D eigenvalue weighted by Crippen LogP contribution is -2.59. The molecule has 4 rings (SSSR count). The Balaban J connectivity index is 1.47. The molecule has 0 radical (unpaired) electrons. The SMILES string of the molecule is CC(=O)N[C@@H](CCCN=C(N)N)C(=O)N[C@H](CC1CCCCC1)C(=O)N[C@H]1C[C@H]2CCC[C@@H](C(=O)N[C@H](CCCN=C(N)N)C(=O)N[C@H](Cc3ccc(Cl)cc3)C(N)=O)N2C1=O. The third-order valence-corrected chi connectivity index (χ3v) is 11.8. The standard InChI is InChI=1S/C41H64ClN13O7/c1-23(56)50-28(11-6-18-48-40(44)45)35(58)53-31(21-24-8-3-2-4-9-24)37(60)54-32-22-27-10-5-13-33(55(27)39(32)62)38(61)51-29(12-7-19-49-41(46)47)36(59)52-30(34(43)57)20-25-14-16-26(42)17-15-25/h14-17,24,27-33H,2-13,18-22H2,1H3,(H2,43,57)(H,50,56)(H,51,61)(H,52,59)(H,53,58)(H,54,60)(H4,44,45,48)(H4,46,47,49)/t27-,28+,29-,30-,31-,32+,33+/m1/s1. The second-order valence-electron chi connectivity index (χ2n) is 16.4. The van der Waals surface area contributed by atoms with Crippen molar-refractivity contribution in [2.75, 3.05) is 13.1 Å². The smallest absolute Gasteiger partial charge is 0.246 e. The molecule has 0 bridgehead atoms. The zero-order valence-corrected chi connectivity index (χ0v) is 36.2. The fourth-order valence-electron chi connectivity index (χ4n) is 8.52. The number of guanidine groups is 2. The second-order valence-corrected chi connectivity index (χ2v) is 16.9. The highest BCUT2D eigenvalue weighted by atomic mass is 35.5. The number of nitrogens with zero attached hydrogens (tertiary/aromatic N) is 3. The molecule has 15 N–H and O–H groups in total. The lowest BCUT2D eigenvalue weighted by Gasteiger charge is -2.37. The van der Waals surface area contributed by atoms with Gasteiger partial charge in [-0.3, -0.25) is 43.5 Å². The van der Waals surface area contributed by atoms with Crippen molar-refractivity contribution in [3.8, 4) is 0 Å². The number of aliphatic imine (C=N–C) groups is 2. The van der Waals surface area contributed by atoms with Crippen molar-refractivity contribution in [2.24, 2.45) is 44.6 Å². The minimum atomic E-state index is -1.14. The highest BCUT2D eigenvalue weighted by Gasteiger charge is 2.48. The van der Waals surface area contributed by atoms with Crippen LogP contribution in [0.25, 0.3) is 0 Å². The van der Waals surface area contributed by atoms with E-state index in [0.717, 1.165) is 32.1 Å². The van der Waals surface area contributed by atoms with Gasteiger partial charge in [-0.25, -0.2) is 0 Å². The highest BCUT2D eigenvalue weighted by molar-refractivity contribution is 6.30. The van der Waals surface area contributed by atoms with E-state index in [1.54, 1.807) is 24.3 Å². The summed E-state index contributed by atoms with van der Waals surface area (Å²) < 4.78 is 0. The van der Waals surface area contributed by atoms with Gasteiger partial charge >= 0.3 is 0 Å². The van der Waals surface area contributed by atoms with Crippen LogP contribution in [0.5, 0.6) is 0 Å². The van der Waals surface area contributed by atoms with Crippen molar-refractivity contribution in [1.82, 2.24) is 31.5 Å². The Morgan fingerprint density at radius 3 is 1.87 bits per heavy atom. The molecule has 0 spiro atoms. The average Bonchev–Trinajstić information content (AvgIpc) is 3.54. The zero-order chi connectivity index (χ0) is 45.3. The number of carbonyl (C=O) groups excluding carboxylic acids is 7. The average molecular weight is 886 g/mol. The number of piperidine rings is 1. The third-order valence-electron chi connectivity index (χ3n) is 11.6. The number of benzene rings is 1. The summed E-state index contributed by atoms with van der Waals surface area (Å²) in [7, 11) is 0. The number of nitrogens with two attached hydrogens (primary N) is 5. The summed E-state index contributed by atoms with van der Waals surface area (Å²) in [6.07, 6.45) is 8.04. The molecular weight excluding hydrogens is 822 g/mol. The Morgan fingerprint density at radius 2 is 1.31 bits per heavy atom. The fourth-order valence-corrected chi connectivity index (χ4v) is 8.64. The van der Waals surface area contributed by atoms with E-state index >= 15 is 0 Å². The molecule has 0 aromatic heterocycles. The van der Waals surface area contributed by atoms with E-state index in [-0.39, 0.29) is 62.7 Å². The molecule has 1 aromatic carbocycles.